The average Bonchev–Trinajstić information content (AvgIpc) is 2.93. The lowest BCUT2D eigenvalue weighted by Crippen LogP contribution is -2.35. The van der Waals surface area contributed by atoms with Crippen LogP contribution in [0, 0.1) is 0 Å². The van der Waals surface area contributed by atoms with Crippen molar-refractivity contribution in [2.45, 2.75) is 19.6 Å². The number of benzene rings is 1. The topological polar surface area (TPSA) is 71.2 Å². The number of aromatic amines is 1. The van der Waals surface area contributed by atoms with Crippen molar-refractivity contribution in [1.29, 1.82) is 0 Å². The van der Waals surface area contributed by atoms with Crippen LogP contribution >= 0.6 is 27.5 Å². The second kappa shape index (κ2) is 7.47. The first-order valence-electron chi connectivity index (χ1n) is 6.53. The van der Waals surface area contributed by atoms with Gasteiger partial charge >= 0.3 is 5.97 Å². The lowest BCUT2D eigenvalue weighted by molar-refractivity contribution is -0.129. The fourth-order valence-electron chi connectivity index (χ4n) is 1.70. The maximum atomic E-state index is 11.9. The highest BCUT2D eigenvalue weighted by molar-refractivity contribution is 9.10. The molecule has 1 heterocycles. The molecule has 0 saturated carbocycles. The van der Waals surface area contributed by atoms with Gasteiger partial charge in [0.1, 0.15) is 5.69 Å². The number of halogens is 2. The summed E-state index contributed by atoms with van der Waals surface area (Å²) >= 11 is 9.01. The highest BCUT2D eigenvalue weighted by atomic mass is 79.9. The molecule has 1 atom stereocenters. The van der Waals surface area contributed by atoms with Crippen LogP contribution in [0.5, 0.6) is 0 Å². The van der Waals surface area contributed by atoms with Crippen LogP contribution in [0.15, 0.2) is 41.0 Å². The molecule has 1 aromatic heterocycles. The monoisotopic (exact) mass is 384 g/mol. The zero-order valence-corrected chi connectivity index (χ0v) is 14.1. The molecule has 1 amide bonds. The minimum Gasteiger partial charge on any atom is -0.448 e. The molecule has 1 unspecified atom stereocenters. The van der Waals surface area contributed by atoms with Gasteiger partial charge in [-0.2, -0.15) is 0 Å². The van der Waals surface area contributed by atoms with E-state index in [0.717, 1.165) is 10.0 Å². The van der Waals surface area contributed by atoms with Crippen molar-refractivity contribution in [3.8, 4) is 0 Å². The normalized spacial score (nSPS) is 11.8. The zero-order valence-electron chi connectivity index (χ0n) is 11.7. The van der Waals surface area contributed by atoms with Gasteiger partial charge in [0, 0.05) is 22.2 Å². The molecule has 0 aliphatic rings. The number of esters is 1. The van der Waals surface area contributed by atoms with Gasteiger partial charge in [-0.25, -0.2) is 4.79 Å². The van der Waals surface area contributed by atoms with Gasteiger partial charge in [-0.15, -0.1) is 0 Å². The van der Waals surface area contributed by atoms with Crippen molar-refractivity contribution < 1.29 is 14.3 Å². The summed E-state index contributed by atoms with van der Waals surface area (Å²) in [5.41, 5.74) is 1.19. The number of hydrogen-bond acceptors (Lipinski definition) is 3. The Labute approximate surface area is 141 Å². The van der Waals surface area contributed by atoms with E-state index in [1.54, 1.807) is 24.4 Å². The minimum atomic E-state index is -0.887. The molecule has 2 N–H and O–H groups in total. The van der Waals surface area contributed by atoms with E-state index >= 15 is 0 Å². The number of aromatic nitrogens is 1. The number of amides is 1. The summed E-state index contributed by atoms with van der Waals surface area (Å²) in [6.07, 6.45) is 0.726. The molecular weight excluding hydrogens is 372 g/mol. The molecule has 0 aliphatic carbocycles. The van der Waals surface area contributed by atoms with Gasteiger partial charge in [0.05, 0.1) is 0 Å². The van der Waals surface area contributed by atoms with E-state index in [-0.39, 0.29) is 11.6 Å². The second-order valence-electron chi connectivity index (χ2n) is 4.62. The largest absolute Gasteiger partial charge is 0.448 e. The number of H-pyrrole nitrogens is 1. The predicted molar refractivity (Wildman–Crippen MR) is 86.7 cm³/mol. The maximum Gasteiger partial charge on any atom is 0.355 e. The summed E-state index contributed by atoms with van der Waals surface area (Å²) in [7, 11) is 0. The predicted octanol–water partition coefficient (Wildman–Crippen LogP) is 3.29. The van der Waals surface area contributed by atoms with Gasteiger partial charge in [-0.05, 0) is 46.6 Å². The fourth-order valence-corrected chi connectivity index (χ4v) is 2.17. The Hall–Kier alpha value is -1.79. The van der Waals surface area contributed by atoms with Crippen molar-refractivity contribution >= 4 is 39.4 Å². The van der Waals surface area contributed by atoms with Gasteiger partial charge < -0.3 is 15.0 Å². The third-order valence-electron chi connectivity index (χ3n) is 2.90. The van der Waals surface area contributed by atoms with Crippen LogP contribution in [-0.4, -0.2) is 23.0 Å². The van der Waals surface area contributed by atoms with E-state index in [4.69, 9.17) is 16.3 Å². The van der Waals surface area contributed by atoms with E-state index < -0.39 is 12.1 Å². The van der Waals surface area contributed by atoms with Gasteiger partial charge in [-0.1, -0.05) is 23.7 Å². The van der Waals surface area contributed by atoms with Crippen molar-refractivity contribution in [3.63, 3.8) is 0 Å². The molecule has 7 heteroatoms. The molecule has 0 spiro atoms. The molecule has 116 valence electrons. The standard InChI is InChI=1S/C15H14BrClN2O3/c1-9(22-15(21)13-6-11(16)8-18-13)14(20)19-7-10-2-4-12(17)5-3-10/h2-6,8-9,18H,7H2,1H3,(H,19,20). The first-order chi connectivity index (χ1) is 10.5. The summed E-state index contributed by atoms with van der Waals surface area (Å²) in [5, 5.41) is 3.34. The van der Waals surface area contributed by atoms with Gasteiger partial charge in [0.2, 0.25) is 0 Å². The van der Waals surface area contributed by atoms with Crippen LogP contribution in [0.4, 0.5) is 0 Å². The Morgan fingerprint density at radius 1 is 1.36 bits per heavy atom. The Kier molecular flexibility index (Phi) is 5.63. The number of carbonyl (C=O) groups is 2. The van der Waals surface area contributed by atoms with Gasteiger partial charge in [-0.3, -0.25) is 4.79 Å². The zero-order chi connectivity index (χ0) is 16.1. The summed E-state index contributed by atoms with van der Waals surface area (Å²) < 4.78 is 5.83. The Morgan fingerprint density at radius 2 is 2.05 bits per heavy atom. The molecule has 2 rings (SSSR count). The molecule has 0 bridgehead atoms. The molecular formula is C15H14BrClN2O3. The molecule has 2 aromatic rings. The van der Waals surface area contributed by atoms with E-state index in [0.29, 0.717) is 11.6 Å². The lowest BCUT2D eigenvalue weighted by atomic mass is 10.2. The quantitative estimate of drug-likeness (QED) is 0.776. The van der Waals surface area contributed by atoms with Crippen molar-refractivity contribution in [3.05, 3.63) is 57.3 Å². The molecule has 22 heavy (non-hydrogen) atoms. The minimum absolute atomic E-state index is 0.282. The smallest absolute Gasteiger partial charge is 0.355 e. The average molecular weight is 386 g/mol. The van der Waals surface area contributed by atoms with Gasteiger partial charge in [0.25, 0.3) is 5.91 Å². The molecule has 5 nitrogen and oxygen atoms in total. The molecule has 0 fully saturated rings. The molecule has 0 radical (unpaired) electrons. The lowest BCUT2D eigenvalue weighted by Gasteiger charge is -2.13. The van der Waals surface area contributed by atoms with Crippen LogP contribution in [0.2, 0.25) is 5.02 Å². The highest BCUT2D eigenvalue weighted by Crippen LogP contribution is 2.12. The first kappa shape index (κ1) is 16.6. The first-order valence-corrected chi connectivity index (χ1v) is 7.70. The third kappa shape index (κ3) is 4.61. The number of carbonyl (C=O) groups excluding carboxylic acids is 2. The van der Waals surface area contributed by atoms with Crippen LogP contribution < -0.4 is 5.32 Å². The van der Waals surface area contributed by atoms with Crippen molar-refractivity contribution in [1.82, 2.24) is 10.3 Å². The summed E-state index contributed by atoms with van der Waals surface area (Å²) in [5.74, 6) is -0.950. The number of rotatable bonds is 5. The van der Waals surface area contributed by atoms with Crippen LogP contribution in [-0.2, 0) is 16.1 Å². The van der Waals surface area contributed by atoms with Crippen LogP contribution in [0.1, 0.15) is 23.0 Å². The van der Waals surface area contributed by atoms with Gasteiger partial charge in [0.15, 0.2) is 6.10 Å². The summed E-state index contributed by atoms with van der Waals surface area (Å²) in [4.78, 5) is 26.5. The molecule has 0 aliphatic heterocycles. The van der Waals surface area contributed by atoms with E-state index in [2.05, 4.69) is 26.2 Å². The third-order valence-corrected chi connectivity index (χ3v) is 3.61. The summed E-state index contributed by atoms with van der Waals surface area (Å²) in [6.45, 7) is 1.86. The summed E-state index contributed by atoms with van der Waals surface area (Å²) in [6, 6.07) is 8.71. The Bertz CT molecular complexity index is 670. The van der Waals surface area contributed by atoms with E-state index in [9.17, 15) is 9.59 Å². The van der Waals surface area contributed by atoms with Crippen LogP contribution in [0.25, 0.3) is 0 Å². The van der Waals surface area contributed by atoms with Crippen molar-refractivity contribution in [2.75, 3.05) is 0 Å². The number of ether oxygens (including phenoxy) is 1. The second-order valence-corrected chi connectivity index (χ2v) is 5.98. The van der Waals surface area contributed by atoms with E-state index in [1.165, 1.54) is 6.92 Å². The number of nitrogens with one attached hydrogen (secondary N) is 2. The number of hydrogen-bond donors (Lipinski definition) is 2. The highest BCUT2D eigenvalue weighted by Gasteiger charge is 2.19. The van der Waals surface area contributed by atoms with E-state index in [1.807, 2.05) is 12.1 Å². The Balaban J connectivity index is 1.84. The van der Waals surface area contributed by atoms with Crippen molar-refractivity contribution in [2.24, 2.45) is 0 Å². The SMILES string of the molecule is CC(OC(=O)c1cc(Br)c[nH]1)C(=O)NCc1ccc(Cl)cc1. The molecule has 1 aromatic carbocycles. The Morgan fingerprint density at radius 3 is 2.64 bits per heavy atom. The maximum absolute atomic E-state index is 11.9. The fraction of sp³-hybridized carbons (Fsp3) is 0.200. The molecule has 0 saturated heterocycles. The van der Waals surface area contributed by atoms with Crippen LogP contribution in [0.3, 0.4) is 0 Å².